The molecular weight excluding hydrogens is 1080 g/mol. The largest absolute Gasteiger partial charge is 0.461 e. The van der Waals surface area contributed by atoms with Crippen molar-refractivity contribution in [2.24, 2.45) is 0 Å². The van der Waals surface area contributed by atoms with Gasteiger partial charge in [-0.2, -0.15) is 25.3 Å². The lowest BCUT2D eigenvalue weighted by Crippen LogP contribution is -2.32. The summed E-state index contributed by atoms with van der Waals surface area (Å²) in [5, 5.41) is 34.1. The average molecular weight is 1150 g/mol. The Labute approximate surface area is 462 Å². The number of aromatic amines is 1. The van der Waals surface area contributed by atoms with E-state index in [9.17, 15) is 45.8 Å². The van der Waals surface area contributed by atoms with Crippen LogP contribution in [0.2, 0.25) is 5.28 Å². The highest BCUT2D eigenvalue weighted by atomic mass is 35.5. The van der Waals surface area contributed by atoms with E-state index in [-0.39, 0.29) is 86.5 Å². The topological polar surface area (TPSA) is 268 Å². The Hall–Kier alpha value is -7.29. The number of ether oxygens (including phenoxy) is 2. The van der Waals surface area contributed by atoms with Crippen LogP contribution in [-0.2, 0) is 19.9 Å². The zero-order valence-electron chi connectivity index (χ0n) is 45.4. The fourth-order valence-electron chi connectivity index (χ4n) is 8.45. The maximum atomic E-state index is 13.3. The Morgan fingerprint density at radius 3 is 1.48 bits per heavy atom. The fourth-order valence-corrected chi connectivity index (χ4v) is 8.67. The summed E-state index contributed by atoms with van der Waals surface area (Å²) in [6.07, 6.45) is 6.59. The van der Waals surface area contributed by atoms with Crippen LogP contribution in [0.15, 0.2) is 55.0 Å². The average Bonchev–Trinajstić information content (AvgIpc) is 4.22. The van der Waals surface area contributed by atoms with E-state index in [1.165, 1.54) is 27.7 Å². The van der Waals surface area contributed by atoms with Gasteiger partial charge in [0.05, 0.1) is 18.9 Å². The molecule has 3 aliphatic rings. The van der Waals surface area contributed by atoms with Crippen LogP contribution in [-0.4, -0.2) is 132 Å². The highest BCUT2D eigenvalue weighted by molar-refractivity contribution is 6.40. The third-order valence-corrected chi connectivity index (χ3v) is 12.8. The molecule has 3 aliphatic carbocycles. The van der Waals surface area contributed by atoms with Gasteiger partial charge in [-0.05, 0) is 117 Å². The SMILES string of the molecule is CCOC(=O)C(=O)c1ccn[nH]1.CCOC(=O)c1ccn(-c2nc(C)cc(NC3CCC(F)(F)CC3)n2)n1.Cc1cc(NC2CCC(F)(F)CC2)nc(-n2ccc(C(C)(C)O)n2)n1.Cc1cc(NC2CCC(F)(F)CC2)nc(Cl)n1. The number of alkyl halides is 6. The van der Waals surface area contributed by atoms with Gasteiger partial charge in [0, 0.05) is 111 Å². The van der Waals surface area contributed by atoms with Crippen molar-refractivity contribution in [2.75, 3.05) is 29.2 Å². The van der Waals surface area contributed by atoms with E-state index < -0.39 is 41.1 Å². The first-order valence-corrected chi connectivity index (χ1v) is 26.4. The fraction of sp³-hybridized carbons (Fsp3) is 0.538. The molecule has 6 heterocycles. The van der Waals surface area contributed by atoms with Gasteiger partial charge in [0.25, 0.3) is 17.7 Å². The Kier molecular flexibility index (Phi) is 21.1. The van der Waals surface area contributed by atoms with E-state index in [4.69, 9.17) is 16.3 Å². The molecule has 0 radical (unpaired) electrons. The molecule has 0 unspecified atom stereocenters. The summed E-state index contributed by atoms with van der Waals surface area (Å²) in [5.74, 6) is -7.26. The molecule has 0 amide bonds. The molecule has 6 aromatic heterocycles. The molecule has 21 nitrogen and oxygen atoms in total. The Bertz CT molecular complexity index is 2960. The number of H-pyrrole nitrogens is 1. The van der Waals surface area contributed by atoms with Gasteiger partial charge < -0.3 is 30.5 Å². The van der Waals surface area contributed by atoms with Gasteiger partial charge in [0.15, 0.2) is 5.69 Å². The highest BCUT2D eigenvalue weighted by Gasteiger charge is 2.37. The first-order chi connectivity index (χ1) is 37.7. The van der Waals surface area contributed by atoms with Gasteiger partial charge in [-0.15, -0.1) is 0 Å². The number of ketones is 1. The zero-order valence-corrected chi connectivity index (χ0v) is 46.1. The summed E-state index contributed by atoms with van der Waals surface area (Å²) < 4.78 is 91.4. The maximum Gasteiger partial charge on any atom is 0.381 e. The summed E-state index contributed by atoms with van der Waals surface area (Å²) in [5.41, 5.74) is 1.98. The zero-order chi connectivity index (χ0) is 58.4. The van der Waals surface area contributed by atoms with Gasteiger partial charge in [-0.3, -0.25) is 9.89 Å². The molecule has 9 rings (SSSR count). The minimum Gasteiger partial charge on any atom is -0.461 e. The van der Waals surface area contributed by atoms with E-state index in [1.54, 1.807) is 71.3 Å². The van der Waals surface area contributed by atoms with E-state index in [1.807, 2.05) is 13.8 Å². The number of nitrogens with one attached hydrogen (secondary N) is 4. The molecule has 5 N–H and O–H groups in total. The molecule has 434 valence electrons. The molecule has 80 heavy (non-hydrogen) atoms. The number of aliphatic hydroxyl groups is 1. The molecule has 0 saturated heterocycles. The number of carbonyl (C=O) groups is 3. The predicted molar refractivity (Wildman–Crippen MR) is 283 cm³/mol. The molecule has 0 aliphatic heterocycles. The molecule has 0 bridgehead atoms. The number of rotatable bonds is 14. The van der Waals surface area contributed by atoms with Gasteiger partial charge in [-0.25, -0.2) is 65.2 Å². The van der Waals surface area contributed by atoms with Gasteiger partial charge in [-0.1, -0.05) is 0 Å². The third-order valence-electron chi connectivity index (χ3n) is 12.6. The first kappa shape index (κ1) is 61.9. The Morgan fingerprint density at radius 2 is 1.07 bits per heavy atom. The lowest BCUT2D eigenvalue weighted by Gasteiger charge is -2.29. The lowest BCUT2D eigenvalue weighted by molar-refractivity contribution is -0.137. The Morgan fingerprint density at radius 1 is 0.650 bits per heavy atom. The van der Waals surface area contributed by atoms with Crippen molar-refractivity contribution in [1.29, 1.82) is 0 Å². The number of hydrogen-bond acceptors (Lipinski definition) is 18. The summed E-state index contributed by atoms with van der Waals surface area (Å²) in [4.78, 5) is 59.1. The van der Waals surface area contributed by atoms with Crippen molar-refractivity contribution >= 4 is 46.8 Å². The van der Waals surface area contributed by atoms with Crippen LogP contribution in [0, 0.1) is 20.8 Å². The van der Waals surface area contributed by atoms with Crippen molar-refractivity contribution in [1.82, 2.24) is 59.7 Å². The first-order valence-electron chi connectivity index (χ1n) is 26.1. The number of esters is 2. The number of aryl methyl sites for hydroxylation is 3. The summed E-state index contributed by atoms with van der Waals surface area (Å²) in [6.45, 7) is 12.6. The molecule has 3 saturated carbocycles. The standard InChI is InChI=1S/C17H21F2N5O2.C17H23F2N5O.C11H14ClF2N3.C7H8N2O3/c1-3-26-15(25)13-6-9-24(23-13)16-20-11(2)10-14(22-16)21-12-4-7-17(18,19)8-5-12;1-11-10-14(21-12-4-7-17(18,19)8-5-12)22-15(20-11)24-9-6-13(23-24)16(2,3)25;1-7-6-9(17-10(12)15-7)16-8-2-4-11(13,14)5-3-8;1-2-12-7(11)6(10)5-3-4-8-9-5/h6,9-10,12H,3-5,7-8H2,1-2H3,(H,20,21,22);6,9-10,12,25H,4-5,7-8H2,1-3H3,(H,20,21,22);6,8H,2-5H2,1H3,(H,15,16,17);3-4H,2H2,1H3,(H,8,9). The molecular formula is C52H66ClF6N15O6. The second kappa shape index (κ2) is 27.2. The monoisotopic (exact) mass is 1150 g/mol. The number of nitrogens with zero attached hydrogens (tertiary/aromatic N) is 11. The summed E-state index contributed by atoms with van der Waals surface area (Å²) in [7, 11) is 0. The van der Waals surface area contributed by atoms with Crippen molar-refractivity contribution in [3.63, 3.8) is 0 Å². The minimum absolute atomic E-state index is 0.0219. The number of halogens is 7. The van der Waals surface area contributed by atoms with Crippen molar-refractivity contribution in [3.05, 3.63) is 94.4 Å². The van der Waals surface area contributed by atoms with Crippen molar-refractivity contribution in [2.45, 2.75) is 167 Å². The van der Waals surface area contributed by atoms with E-state index in [2.05, 4.69) is 71.0 Å². The summed E-state index contributed by atoms with van der Waals surface area (Å²) in [6, 6.07) is 9.93. The van der Waals surface area contributed by atoms with Gasteiger partial charge in [0.1, 0.15) is 28.7 Å². The number of hydrogen-bond donors (Lipinski definition) is 5. The van der Waals surface area contributed by atoms with Crippen LogP contribution in [0.1, 0.15) is 148 Å². The Balaban J connectivity index is 0.000000179. The van der Waals surface area contributed by atoms with E-state index >= 15 is 0 Å². The number of aromatic nitrogens is 12. The maximum absolute atomic E-state index is 13.3. The third kappa shape index (κ3) is 19.2. The number of anilines is 3. The van der Waals surface area contributed by atoms with Gasteiger partial charge >= 0.3 is 11.9 Å². The quantitative estimate of drug-likeness (QED) is 0.0223. The van der Waals surface area contributed by atoms with Crippen molar-refractivity contribution in [3.8, 4) is 11.9 Å². The molecule has 0 aromatic carbocycles. The highest BCUT2D eigenvalue weighted by Crippen LogP contribution is 2.36. The van der Waals surface area contributed by atoms with Crippen LogP contribution in [0.4, 0.5) is 43.8 Å². The normalized spacial score (nSPS) is 17.0. The smallest absolute Gasteiger partial charge is 0.381 e. The molecule has 0 atom stereocenters. The second-order valence-corrected chi connectivity index (χ2v) is 20.3. The number of carbonyl (C=O) groups excluding carboxylic acids is 3. The molecule has 0 spiro atoms. The molecule has 3 fully saturated rings. The van der Waals surface area contributed by atoms with Crippen molar-refractivity contribution < 1.29 is 55.3 Å². The second-order valence-electron chi connectivity index (χ2n) is 20.0. The van der Waals surface area contributed by atoms with Crippen LogP contribution in [0.5, 0.6) is 0 Å². The predicted octanol–water partition coefficient (Wildman–Crippen LogP) is 9.91. The molecule has 6 aromatic rings. The van der Waals surface area contributed by atoms with E-state index in [0.717, 1.165) is 11.4 Å². The molecule has 28 heteroatoms. The van der Waals surface area contributed by atoms with Crippen LogP contribution in [0.3, 0.4) is 0 Å². The number of Topliss-reactive ketones (excluding diaryl/α,β-unsaturated/α-hetero) is 1. The lowest BCUT2D eigenvalue weighted by atomic mass is 9.92. The van der Waals surface area contributed by atoms with E-state index in [0.29, 0.717) is 79.3 Å². The minimum atomic E-state index is -2.57. The van der Waals surface area contributed by atoms with Crippen LogP contribution >= 0.6 is 11.6 Å². The van der Waals surface area contributed by atoms with Crippen LogP contribution < -0.4 is 16.0 Å². The van der Waals surface area contributed by atoms with Crippen LogP contribution in [0.25, 0.3) is 11.9 Å². The van der Waals surface area contributed by atoms with Gasteiger partial charge in [0.2, 0.25) is 23.1 Å². The summed E-state index contributed by atoms with van der Waals surface area (Å²) >= 11 is 5.73.